The number of nitrogens with zero attached hydrogens (tertiary/aromatic N) is 4. The van der Waals surface area contributed by atoms with Gasteiger partial charge in [-0.15, -0.1) is 4.99 Å². The molecule has 1 saturated heterocycles. The maximum absolute atomic E-state index is 12.2. The molecule has 3 rings (SSSR count). The van der Waals surface area contributed by atoms with Crippen LogP contribution in [0.15, 0.2) is 33.8 Å². The van der Waals surface area contributed by atoms with E-state index in [0.29, 0.717) is 31.2 Å². The molecule has 220 valence electrons. The number of benzene rings is 1. The maximum Gasteiger partial charge on any atom is 0.437 e. The van der Waals surface area contributed by atoms with Crippen molar-refractivity contribution in [2.24, 2.45) is 10.9 Å². The predicted octanol–water partition coefficient (Wildman–Crippen LogP) is 6.84. The number of unbranched alkanes of at least 4 members (excludes halogenated alkanes) is 7. The molecule has 1 aromatic carbocycles. The molecule has 0 radical (unpaired) electrons. The van der Waals surface area contributed by atoms with Gasteiger partial charge in [-0.05, 0) is 51.5 Å². The summed E-state index contributed by atoms with van der Waals surface area (Å²) in [5.41, 5.74) is 1.51. The summed E-state index contributed by atoms with van der Waals surface area (Å²) in [5.74, 6) is 1.19. The lowest BCUT2D eigenvalue weighted by molar-refractivity contribution is 0.0601. The number of carbonyl (C=O) groups is 2. The molecule has 1 aliphatic rings. The van der Waals surface area contributed by atoms with Crippen LogP contribution in [-0.4, -0.2) is 57.0 Å². The highest BCUT2D eigenvalue weighted by Crippen LogP contribution is 2.23. The fourth-order valence-corrected chi connectivity index (χ4v) is 4.82. The average Bonchev–Trinajstić information content (AvgIpc) is 3.54. The Morgan fingerprint density at radius 1 is 1.10 bits per heavy atom. The van der Waals surface area contributed by atoms with Gasteiger partial charge in [0.15, 0.2) is 0 Å². The first kappa shape index (κ1) is 31.1. The van der Waals surface area contributed by atoms with Gasteiger partial charge in [0.1, 0.15) is 5.60 Å². The number of amides is 2. The van der Waals surface area contributed by atoms with E-state index in [1.165, 1.54) is 56.9 Å². The zero-order valence-electron chi connectivity index (χ0n) is 24.4. The SMILES string of the molecule is CCCCCCCCCCc1ccc(-c2noc(C[C@H]3CCN(C(=NC(=O)OC(C)(C)C)NC(=O)O)C3)n2)cc1. The van der Waals surface area contributed by atoms with Gasteiger partial charge < -0.3 is 19.3 Å². The molecular formula is C30H45N5O5. The van der Waals surface area contributed by atoms with Crippen LogP contribution in [-0.2, 0) is 17.6 Å². The Bertz CT molecular complexity index is 1110. The standard InChI is InChI=1S/C30H45N5O5/c1-5-6-7-8-9-10-11-12-13-22-14-16-24(17-15-22)26-31-25(40-34-26)20-23-18-19-35(21-23)27(32-28(36)37)33-29(38)39-30(2,3)4/h14-17,23H,5-13,18-21H2,1-4H3,(H,36,37)(H,32,33,38)/t23-/m1/s1. The number of hydrogen-bond acceptors (Lipinski definition) is 6. The van der Waals surface area contributed by atoms with E-state index in [-0.39, 0.29) is 11.9 Å². The number of carbonyl (C=O) groups excluding carboxylic acids is 1. The first-order valence-corrected chi connectivity index (χ1v) is 14.6. The molecule has 0 bridgehead atoms. The summed E-state index contributed by atoms with van der Waals surface area (Å²) in [6, 6.07) is 8.37. The first-order chi connectivity index (χ1) is 19.1. The van der Waals surface area contributed by atoms with Gasteiger partial charge in [-0.3, -0.25) is 5.32 Å². The van der Waals surface area contributed by atoms with Gasteiger partial charge in [0.05, 0.1) is 0 Å². The van der Waals surface area contributed by atoms with Crippen LogP contribution >= 0.6 is 0 Å². The molecule has 1 atom stereocenters. The molecule has 1 fully saturated rings. The van der Waals surface area contributed by atoms with Crippen LogP contribution in [0.5, 0.6) is 0 Å². The number of rotatable bonds is 12. The molecule has 0 spiro atoms. The Kier molecular flexibility index (Phi) is 12.0. The summed E-state index contributed by atoms with van der Waals surface area (Å²) in [5, 5.41) is 15.6. The molecule has 2 aromatic rings. The lowest BCUT2D eigenvalue weighted by Crippen LogP contribution is -2.43. The van der Waals surface area contributed by atoms with E-state index in [1.54, 1.807) is 25.7 Å². The van der Waals surface area contributed by atoms with E-state index in [1.807, 2.05) is 12.1 Å². The van der Waals surface area contributed by atoms with Gasteiger partial charge in [-0.2, -0.15) is 4.98 Å². The van der Waals surface area contributed by atoms with Crippen molar-refractivity contribution >= 4 is 18.1 Å². The second-order valence-corrected chi connectivity index (χ2v) is 11.6. The summed E-state index contributed by atoms with van der Waals surface area (Å²) >= 11 is 0. The molecule has 2 heterocycles. The van der Waals surface area contributed by atoms with Crippen LogP contribution in [0.4, 0.5) is 9.59 Å². The molecule has 2 amide bonds. The Morgan fingerprint density at radius 2 is 1.77 bits per heavy atom. The summed E-state index contributed by atoms with van der Waals surface area (Å²) in [6.45, 7) is 8.45. The van der Waals surface area contributed by atoms with Gasteiger partial charge >= 0.3 is 12.2 Å². The zero-order valence-corrected chi connectivity index (χ0v) is 24.4. The van der Waals surface area contributed by atoms with Crippen molar-refractivity contribution < 1.29 is 24.0 Å². The molecule has 1 aromatic heterocycles. The summed E-state index contributed by atoms with van der Waals surface area (Å²) in [6.07, 6.45) is 10.8. The number of guanidine groups is 1. The minimum absolute atomic E-state index is 0.0393. The minimum Gasteiger partial charge on any atom is -0.465 e. The Morgan fingerprint density at radius 3 is 2.42 bits per heavy atom. The maximum atomic E-state index is 12.2. The fourth-order valence-electron chi connectivity index (χ4n) is 4.82. The van der Waals surface area contributed by atoms with E-state index in [0.717, 1.165) is 18.4 Å². The number of nitrogens with one attached hydrogen (secondary N) is 1. The fraction of sp³-hybridized carbons (Fsp3) is 0.633. The summed E-state index contributed by atoms with van der Waals surface area (Å²) in [7, 11) is 0. The van der Waals surface area contributed by atoms with Gasteiger partial charge in [0.25, 0.3) is 0 Å². The van der Waals surface area contributed by atoms with Crippen LogP contribution in [0, 0.1) is 5.92 Å². The van der Waals surface area contributed by atoms with Crippen molar-refractivity contribution in [1.82, 2.24) is 20.4 Å². The highest BCUT2D eigenvalue weighted by molar-refractivity contribution is 5.98. The van der Waals surface area contributed by atoms with E-state index in [9.17, 15) is 14.7 Å². The lowest BCUT2D eigenvalue weighted by atomic mass is 10.0. The van der Waals surface area contributed by atoms with Crippen molar-refractivity contribution in [3.05, 3.63) is 35.7 Å². The molecule has 10 heteroatoms. The van der Waals surface area contributed by atoms with Crippen molar-refractivity contribution in [2.75, 3.05) is 13.1 Å². The Labute approximate surface area is 237 Å². The molecule has 0 saturated carbocycles. The highest BCUT2D eigenvalue weighted by atomic mass is 16.6. The predicted molar refractivity (Wildman–Crippen MR) is 154 cm³/mol. The average molecular weight is 556 g/mol. The monoisotopic (exact) mass is 555 g/mol. The quantitative estimate of drug-likeness (QED) is 0.165. The molecular weight excluding hydrogens is 510 g/mol. The molecule has 1 aliphatic heterocycles. The zero-order chi connectivity index (χ0) is 29.0. The largest absolute Gasteiger partial charge is 0.465 e. The number of aromatic nitrogens is 2. The molecule has 2 N–H and O–H groups in total. The molecule has 40 heavy (non-hydrogen) atoms. The van der Waals surface area contributed by atoms with Crippen LogP contribution in [0.1, 0.15) is 96.9 Å². The third-order valence-corrected chi connectivity index (χ3v) is 6.86. The molecule has 0 unspecified atom stereocenters. The first-order valence-electron chi connectivity index (χ1n) is 14.6. The number of likely N-dealkylation sites (tertiary alicyclic amines) is 1. The second kappa shape index (κ2) is 15.4. The van der Waals surface area contributed by atoms with Gasteiger partial charge in [-0.25, -0.2) is 9.59 Å². The molecule has 10 nitrogen and oxygen atoms in total. The van der Waals surface area contributed by atoms with E-state index in [4.69, 9.17) is 9.26 Å². The van der Waals surface area contributed by atoms with E-state index >= 15 is 0 Å². The Hall–Kier alpha value is -3.43. The number of hydrogen-bond donors (Lipinski definition) is 2. The minimum atomic E-state index is -1.30. The molecule has 0 aliphatic carbocycles. The second-order valence-electron chi connectivity index (χ2n) is 11.6. The number of ether oxygens (including phenoxy) is 1. The highest BCUT2D eigenvalue weighted by Gasteiger charge is 2.29. The third kappa shape index (κ3) is 11.0. The van der Waals surface area contributed by atoms with Gasteiger partial charge in [0, 0.05) is 25.1 Å². The normalized spacial score (nSPS) is 15.8. The van der Waals surface area contributed by atoms with Crippen molar-refractivity contribution in [2.45, 2.75) is 104 Å². The van der Waals surface area contributed by atoms with Crippen molar-refractivity contribution in [3.8, 4) is 11.4 Å². The van der Waals surface area contributed by atoms with Crippen LogP contribution in [0.2, 0.25) is 0 Å². The topological polar surface area (TPSA) is 130 Å². The smallest absolute Gasteiger partial charge is 0.437 e. The number of aliphatic imine (C=N–C) groups is 1. The van der Waals surface area contributed by atoms with Crippen molar-refractivity contribution in [3.63, 3.8) is 0 Å². The van der Waals surface area contributed by atoms with Gasteiger partial charge in [-0.1, -0.05) is 81.3 Å². The Balaban J connectivity index is 1.48. The summed E-state index contributed by atoms with van der Waals surface area (Å²) in [4.78, 5) is 33.6. The van der Waals surface area contributed by atoms with Crippen LogP contribution in [0.25, 0.3) is 11.4 Å². The lowest BCUT2D eigenvalue weighted by Gasteiger charge is -2.21. The third-order valence-electron chi connectivity index (χ3n) is 6.86. The van der Waals surface area contributed by atoms with E-state index < -0.39 is 17.8 Å². The van der Waals surface area contributed by atoms with Crippen molar-refractivity contribution in [1.29, 1.82) is 0 Å². The number of aryl methyl sites for hydroxylation is 1. The van der Waals surface area contributed by atoms with Gasteiger partial charge in [0.2, 0.25) is 17.7 Å². The van der Waals surface area contributed by atoms with E-state index in [2.05, 4.69) is 39.5 Å². The van der Waals surface area contributed by atoms with Crippen LogP contribution in [0.3, 0.4) is 0 Å². The number of carboxylic acid groups (broad SMARTS) is 1. The summed E-state index contributed by atoms with van der Waals surface area (Å²) < 4.78 is 10.7. The van der Waals surface area contributed by atoms with Crippen LogP contribution < -0.4 is 5.32 Å².